The topological polar surface area (TPSA) is 102 Å². The molecule has 38 heavy (non-hydrogen) atoms. The Morgan fingerprint density at radius 1 is 0.947 bits per heavy atom. The number of methoxy groups -OCH3 is 2. The summed E-state index contributed by atoms with van der Waals surface area (Å²) in [6.07, 6.45) is -3.07. The molecule has 12 heteroatoms. The van der Waals surface area contributed by atoms with E-state index in [1.807, 2.05) is 5.43 Å². The zero-order valence-corrected chi connectivity index (χ0v) is 20.1. The second kappa shape index (κ2) is 10.9. The second-order valence-corrected chi connectivity index (χ2v) is 7.69. The standard InChI is InChI=1S/C26H21F3N4O5/c1-36-23-13-18-20(14-24(23)37-2)30-12-11-22(18)38-17-9-7-16(8-10-17)32-25(35)33(31-15-34)21-6-4-3-5-19(21)26(27,28)29/h3-15H,1-2H3,(H,31,34)(H,32,35). The van der Waals surface area contributed by atoms with Crippen LogP contribution in [-0.4, -0.2) is 31.6 Å². The van der Waals surface area contributed by atoms with E-state index >= 15 is 0 Å². The summed E-state index contributed by atoms with van der Waals surface area (Å²) in [6, 6.07) is 14.6. The molecule has 0 aliphatic heterocycles. The van der Waals surface area contributed by atoms with E-state index in [0.29, 0.717) is 38.9 Å². The van der Waals surface area contributed by atoms with E-state index in [0.717, 1.165) is 12.1 Å². The van der Waals surface area contributed by atoms with Gasteiger partial charge in [0.25, 0.3) is 0 Å². The van der Waals surface area contributed by atoms with Gasteiger partial charge in [0.15, 0.2) is 11.5 Å². The van der Waals surface area contributed by atoms with Gasteiger partial charge in [0.2, 0.25) is 6.41 Å². The Labute approximate surface area is 214 Å². The van der Waals surface area contributed by atoms with Gasteiger partial charge in [0, 0.05) is 23.3 Å². The highest BCUT2D eigenvalue weighted by molar-refractivity contribution is 6.02. The molecule has 2 N–H and O–H groups in total. The predicted octanol–water partition coefficient (Wildman–Crippen LogP) is 5.76. The van der Waals surface area contributed by atoms with E-state index in [2.05, 4.69) is 10.3 Å². The van der Waals surface area contributed by atoms with E-state index in [-0.39, 0.29) is 12.1 Å². The largest absolute Gasteiger partial charge is 0.493 e. The Morgan fingerprint density at radius 2 is 1.63 bits per heavy atom. The van der Waals surface area contributed by atoms with Crippen LogP contribution in [0.15, 0.2) is 72.9 Å². The summed E-state index contributed by atoms with van der Waals surface area (Å²) >= 11 is 0. The highest BCUT2D eigenvalue weighted by Gasteiger charge is 2.36. The van der Waals surface area contributed by atoms with Crippen LogP contribution in [0.2, 0.25) is 0 Å². The molecule has 1 heterocycles. The molecule has 4 rings (SSSR count). The van der Waals surface area contributed by atoms with Crippen LogP contribution < -0.4 is 30.0 Å². The Bertz CT molecular complexity index is 1460. The van der Waals surface area contributed by atoms with Gasteiger partial charge in [-0.2, -0.15) is 13.2 Å². The number of alkyl halides is 3. The number of amides is 3. The number of rotatable bonds is 8. The first-order valence-electron chi connectivity index (χ1n) is 11.0. The molecule has 1 aromatic heterocycles. The van der Waals surface area contributed by atoms with Gasteiger partial charge in [-0.1, -0.05) is 12.1 Å². The average molecular weight is 526 g/mol. The van der Waals surface area contributed by atoms with Gasteiger partial charge < -0.3 is 19.5 Å². The van der Waals surface area contributed by atoms with Crippen LogP contribution in [0.5, 0.6) is 23.0 Å². The van der Waals surface area contributed by atoms with E-state index in [4.69, 9.17) is 14.2 Å². The summed E-state index contributed by atoms with van der Waals surface area (Å²) in [4.78, 5) is 28.2. The van der Waals surface area contributed by atoms with Crippen molar-refractivity contribution in [3.63, 3.8) is 0 Å². The number of para-hydroxylation sites is 1. The van der Waals surface area contributed by atoms with Crippen molar-refractivity contribution in [1.29, 1.82) is 0 Å². The average Bonchev–Trinajstić information content (AvgIpc) is 2.91. The van der Waals surface area contributed by atoms with Crippen LogP contribution in [0.4, 0.5) is 29.3 Å². The number of ether oxygens (including phenoxy) is 3. The normalized spacial score (nSPS) is 11.0. The molecule has 0 unspecified atom stereocenters. The van der Waals surface area contributed by atoms with Crippen molar-refractivity contribution in [1.82, 2.24) is 10.4 Å². The van der Waals surface area contributed by atoms with Gasteiger partial charge in [-0.15, -0.1) is 0 Å². The minimum Gasteiger partial charge on any atom is -0.493 e. The van der Waals surface area contributed by atoms with Crippen molar-refractivity contribution in [3.8, 4) is 23.0 Å². The minimum atomic E-state index is -4.75. The van der Waals surface area contributed by atoms with Crippen LogP contribution in [-0.2, 0) is 11.0 Å². The molecule has 4 aromatic rings. The smallest absolute Gasteiger partial charge is 0.418 e. The maximum absolute atomic E-state index is 13.4. The number of aromatic nitrogens is 1. The molecule has 0 atom stereocenters. The third-order valence-corrected chi connectivity index (χ3v) is 5.38. The van der Waals surface area contributed by atoms with Crippen LogP contribution in [0.25, 0.3) is 10.9 Å². The molecule has 0 saturated carbocycles. The lowest BCUT2D eigenvalue weighted by molar-refractivity contribution is -0.137. The summed E-state index contributed by atoms with van der Waals surface area (Å²) < 4.78 is 57.0. The van der Waals surface area contributed by atoms with Crippen molar-refractivity contribution in [2.24, 2.45) is 0 Å². The Hall–Kier alpha value is -5.00. The summed E-state index contributed by atoms with van der Waals surface area (Å²) in [7, 11) is 3.04. The number of carbonyl (C=O) groups is 2. The number of fused-ring (bicyclic) bond motifs is 1. The number of halogens is 3. The SMILES string of the molecule is COc1cc2nccc(Oc3ccc(NC(=O)N(NC=O)c4ccccc4C(F)(F)F)cc3)c2cc1OC. The summed E-state index contributed by atoms with van der Waals surface area (Å²) in [6.45, 7) is 0. The van der Waals surface area contributed by atoms with Gasteiger partial charge in [-0.25, -0.2) is 9.80 Å². The first-order chi connectivity index (χ1) is 18.2. The van der Waals surface area contributed by atoms with E-state index in [1.165, 1.54) is 38.5 Å². The quantitative estimate of drug-likeness (QED) is 0.224. The van der Waals surface area contributed by atoms with Crippen molar-refractivity contribution in [3.05, 3.63) is 78.5 Å². The second-order valence-electron chi connectivity index (χ2n) is 7.69. The van der Waals surface area contributed by atoms with E-state index < -0.39 is 23.5 Å². The fourth-order valence-corrected chi connectivity index (χ4v) is 3.65. The van der Waals surface area contributed by atoms with Gasteiger partial charge in [0.1, 0.15) is 11.5 Å². The minimum absolute atomic E-state index is 0.104. The molecule has 0 aliphatic rings. The Kier molecular flexibility index (Phi) is 7.51. The van der Waals surface area contributed by atoms with Crippen molar-refractivity contribution >= 4 is 34.7 Å². The molecule has 196 valence electrons. The van der Waals surface area contributed by atoms with Crippen molar-refractivity contribution in [2.45, 2.75) is 6.18 Å². The maximum Gasteiger partial charge on any atom is 0.418 e. The van der Waals surface area contributed by atoms with Gasteiger partial charge in [-0.05, 0) is 48.5 Å². The summed E-state index contributed by atoms with van der Waals surface area (Å²) in [5.41, 5.74) is 1.23. The van der Waals surface area contributed by atoms with Crippen molar-refractivity contribution < 1.29 is 37.0 Å². The zero-order valence-electron chi connectivity index (χ0n) is 20.1. The summed E-state index contributed by atoms with van der Waals surface area (Å²) in [5.74, 6) is 1.91. The number of carbonyl (C=O) groups excluding carboxylic acids is 2. The molecular weight excluding hydrogens is 505 g/mol. The van der Waals surface area contributed by atoms with Gasteiger partial charge in [0.05, 0.1) is 31.0 Å². The number of nitrogens with one attached hydrogen (secondary N) is 2. The number of hydrazine groups is 1. The van der Waals surface area contributed by atoms with Gasteiger partial charge in [-0.3, -0.25) is 15.2 Å². The van der Waals surface area contributed by atoms with Crippen LogP contribution in [0.1, 0.15) is 5.56 Å². The van der Waals surface area contributed by atoms with Crippen LogP contribution >= 0.6 is 0 Å². The lowest BCUT2D eigenvalue weighted by Gasteiger charge is -2.24. The lowest BCUT2D eigenvalue weighted by Crippen LogP contribution is -2.45. The molecule has 9 nitrogen and oxygen atoms in total. The van der Waals surface area contributed by atoms with E-state index in [1.54, 1.807) is 36.5 Å². The lowest BCUT2D eigenvalue weighted by atomic mass is 10.1. The third kappa shape index (κ3) is 5.53. The number of hydrogen-bond donors (Lipinski definition) is 2. The number of benzene rings is 3. The van der Waals surface area contributed by atoms with E-state index in [9.17, 15) is 22.8 Å². The monoisotopic (exact) mass is 526 g/mol. The van der Waals surface area contributed by atoms with Crippen LogP contribution in [0, 0.1) is 0 Å². The fraction of sp³-hybridized carbons (Fsp3) is 0.115. The number of hydrogen-bond acceptors (Lipinski definition) is 6. The molecule has 0 spiro atoms. The Balaban J connectivity index is 1.54. The fourth-order valence-electron chi connectivity index (χ4n) is 3.65. The highest BCUT2D eigenvalue weighted by atomic mass is 19.4. The number of urea groups is 1. The number of anilines is 2. The third-order valence-electron chi connectivity index (χ3n) is 5.38. The van der Waals surface area contributed by atoms with Crippen molar-refractivity contribution in [2.75, 3.05) is 24.5 Å². The molecule has 0 bridgehead atoms. The molecule has 0 aliphatic carbocycles. The number of pyridine rings is 1. The predicted molar refractivity (Wildman–Crippen MR) is 134 cm³/mol. The first kappa shape index (κ1) is 26.1. The maximum atomic E-state index is 13.4. The Morgan fingerprint density at radius 3 is 2.29 bits per heavy atom. The molecule has 0 fully saturated rings. The molecular formula is C26H21F3N4O5. The zero-order chi connectivity index (χ0) is 27.3. The highest BCUT2D eigenvalue weighted by Crippen LogP contribution is 2.38. The molecule has 3 amide bonds. The summed E-state index contributed by atoms with van der Waals surface area (Å²) in [5, 5.41) is 3.60. The first-order valence-corrected chi connectivity index (χ1v) is 11.0. The molecule has 0 saturated heterocycles. The number of nitrogens with zero attached hydrogens (tertiary/aromatic N) is 2. The molecule has 3 aromatic carbocycles. The van der Waals surface area contributed by atoms with Gasteiger partial charge >= 0.3 is 12.2 Å². The molecule has 0 radical (unpaired) electrons. The van der Waals surface area contributed by atoms with Crippen LogP contribution in [0.3, 0.4) is 0 Å².